The molecule has 0 aromatic carbocycles. The zero-order chi connectivity index (χ0) is 9.97. The van der Waals surface area contributed by atoms with Gasteiger partial charge in [-0.3, -0.25) is 4.79 Å². The SMILES string of the molecule is Cc1cc(CC2CCCC2)sc1C=O. The van der Waals surface area contributed by atoms with Crippen molar-refractivity contribution in [3.63, 3.8) is 0 Å². The molecule has 1 heterocycles. The predicted octanol–water partition coefficient (Wildman–Crippen LogP) is 3.60. The molecule has 0 bridgehead atoms. The van der Waals surface area contributed by atoms with E-state index in [2.05, 4.69) is 6.07 Å². The lowest BCUT2D eigenvalue weighted by Crippen LogP contribution is -1.95. The van der Waals surface area contributed by atoms with Crippen LogP contribution >= 0.6 is 11.3 Å². The molecule has 2 rings (SSSR count). The molecule has 1 nitrogen and oxygen atoms in total. The first-order chi connectivity index (χ1) is 6.79. The van der Waals surface area contributed by atoms with E-state index in [1.165, 1.54) is 37.0 Å². The van der Waals surface area contributed by atoms with E-state index in [9.17, 15) is 4.79 Å². The summed E-state index contributed by atoms with van der Waals surface area (Å²) >= 11 is 1.68. The van der Waals surface area contributed by atoms with Crippen molar-refractivity contribution in [2.24, 2.45) is 5.92 Å². The second-order valence-electron chi connectivity index (χ2n) is 4.23. The zero-order valence-corrected chi connectivity index (χ0v) is 9.40. The lowest BCUT2D eigenvalue weighted by Gasteiger charge is -2.05. The molecule has 2 heteroatoms. The van der Waals surface area contributed by atoms with E-state index in [1.807, 2.05) is 6.92 Å². The minimum Gasteiger partial charge on any atom is -0.297 e. The van der Waals surface area contributed by atoms with Crippen molar-refractivity contribution < 1.29 is 4.79 Å². The maximum Gasteiger partial charge on any atom is 0.160 e. The third-order valence-corrected chi connectivity index (χ3v) is 4.26. The number of carbonyl (C=O) groups excluding carboxylic acids is 1. The Morgan fingerprint density at radius 2 is 2.21 bits per heavy atom. The molecule has 1 aliphatic carbocycles. The molecule has 1 saturated carbocycles. The van der Waals surface area contributed by atoms with Gasteiger partial charge in [0.2, 0.25) is 0 Å². The van der Waals surface area contributed by atoms with Crippen molar-refractivity contribution in [1.82, 2.24) is 0 Å². The minimum atomic E-state index is 0.882. The molecule has 1 fully saturated rings. The van der Waals surface area contributed by atoms with E-state index in [0.29, 0.717) is 0 Å². The molecule has 1 aromatic heterocycles. The van der Waals surface area contributed by atoms with Crippen molar-refractivity contribution in [2.75, 3.05) is 0 Å². The highest BCUT2D eigenvalue weighted by molar-refractivity contribution is 7.13. The molecule has 0 aliphatic heterocycles. The fourth-order valence-electron chi connectivity index (χ4n) is 2.28. The van der Waals surface area contributed by atoms with Gasteiger partial charge in [-0.25, -0.2) is 0 Å². The number of hydrogen-bond donors (Lipinski definition) is 0. The Balaban J connectivity index is 2.04. The average Bonchev–Trinajstić information content (AvgIpc) is 2.76. The second-order valence-corrected chi connectivity index (χ2v) is 5.40. The third kappa shape index (κ3) is 2.06. The summed E-state index contributed by atoms with van der Waals surface area (Å²) in [5.74, 6) is 0.882. The molecule has 76 valence electrons. The molecule has 0 atom stereocenters. The largest absolute Gasteiger partial charge is 0.297 e. The summed E-state index contributed by atoms with van der Waals surface area (Å²) in [5.41, 5.74) is 1.15. The molecular weight excluding hydrogens is 192 g/mol. The highest BCUT2D eigenvalue weighted by atomic mass is 32.1. The van der Waals surface area contributed by atoms with Crippen LogP contribution in [-0.4, -0.2) is 6.29 Å². The van der Waals surface area contributed by atoms with Crippen LogP contribution in [0.3, 0.4) is 0 Å². The van der Waals surface area contributed by atoms with Crippen LogP contribution in [-0.2, 0) is 6.42 Å². The van der Waals surface area contributed by atoms with Crippen molar-refractivity contribution in [1.29, 1.82) is 0 Å². The highest BCUT2D eigenvalue weighted by Crippen LogP contribution is 2.31. The molecule has 0 amide bonds. The van der Waals surface area contributed by atoms with Gasteiger partial charge in [0.15, 0.2) is 6.29 Å². The fourth-order valence-corrected chi connectivity index (χ4v) is 3.39. The first-order valence-electron chi connectivity index (χ1n) is 5.34. The maximum atomic E-state index is 10.7. The number of carbonyl (C=O) groups is 1. The Hall–Kier alpha value is -0.630. The van der Waals surface area contributed by atoms with E-state index < -0.39 is 0 Å². The van der Waals surface area contributed by atoms with E-state index in [-0.39, 0.29) is 0 Å². The van der Waals surface area contributed by atoms with E-state index in [0.717, 1.165) is 22.6 Å². The monoisotopic (exact) mass is 208 g/mol. The van der Waals surface area contributed by atoms with Crippen LogP contribution in [0.2, 0.25) is 0 Å². The van der Waals surface area contributed by atoms with Crippen LogP contribution < -0.4 is 0 Å². The van der Waals surface area contributed by atoms with Crippen molar-refractivity contribution >= 4 is 17.6 Å². The van der Waals surface area contributed by atoms with Gasteiger partial charge in [-0.2, -0.15) is 0 Å². The van der Waals surface area contributed by atoms with E-state index >= 15 is 0 Å². The molecule has 0 spiro atoms. The number of aldehydes is 1. The second kappa shape index (κ2) is 4.26. The molecule has 0 unspecified atom stereocenters. The number of rotatable bonds is 3. The smallest absolute Gasteiger partial charge is 0.160 e. The Morgan fingerprint density at radius 1 is 1.50 bits per heavy atom. The van der Waals surface area contributed by atoms with Gasteiger partial charge in [-0.05, 0) is 30.9 Å². The van der Waals surface area contributed by atoms with Gasteiger partial charge in [0, 0.05) is 4.88 Å². The molecule has 0 radical (unpaired) electrons. The normalized spacial score (nSPS) is 17.5. The third-order valence-electron chi connectivity index (χ3n) is 3.08. The average molecular weight is 208 g/mol. The molecule has 14 heavy (non-hydrogen) atoms. The van der Waals surface area contributed by atoms with Gasteiger partial charge < -0.3 is 0 Å². The number of aryl methyl sites for hydroxylation is 1. The van der Waals surface area contributed by atoms with Gasteiger partial charge in [-0.15, -0.1) is 11.3 Å². The standard InChI is InChI=1S/C12H16OS/c1-9-6-11(14-12(9)8-13)7-10-4-2-3-5-10/h6,8,10H,2-5,7H2,1H3. The van der Waals surface area contributed by atoms with Crippen LogP contribution in [0.15, 0.2) is 6.07 Å². The van der Waals surface area contributed by atoms with Gasteiger partial charge in [0.05, 0.1) is 4.88 Å². The summed E-state index contributed by atoms with van der Waals surface area (Å²) < 4.78 is 0. The van der Waals surface area contributed by atoms with Crippen LogP contribution in [0.5, 0.6) is 0 Å². The summed E-state index contributed by atoms with van der Waals surface area (Å²) in [6.07, 6.45) is 7.74. The van der Waals surface area contributed by atoms with Gasteiger partial charge in [0.25, 0.3) is 0 Å². The fraction of sp³-hybridized carbons (Fsp3) is 0.583. The first kappa shape index (κ1) is 9.91. The van der Waals surface area contributed by atoms with E-state index in [4.69, 9.17) is 0 Å². The topological polar surface area (TPSA) is 17.1 Å². The maximum absolute atomic E-state index is 10.7. The highest BCUT2D eigenvalue weighted by Gasteiger charge is 2.16. The van der Waals surface area contributed by atoms with Crippen LogP contribution in [0, 0.1) is 12.8 Å². The van der Waals surface area contributed by atoms with E-state index in [1.54, 1.807) is 11.3 Å². The van der Waals surface area contributed by atoms with Gasteiger partial charge in [-0.1, -0.05) is 25.7 Å². The summed E-state index contributed by atoms with van der Waals surface area (Å²) in [4.78, 5) is 13.0. The lowest BCUT2D eigenvalue weighted by atomic mass is 10.0. The van der Waals surface area contributed by atoms with Crippen molar-refractivity contribution in [3.8, 4) is 0 Å². The number of hydrogen-bond acceptors (Lipinski definition) is 2. The Morgan fingerprint density at radius 3 is 2.79 bits per heavy atom. The van der Waals surface area contributed by atoms with Crippen LogP contribution in [0.4, 0.5) is 0 Å². The summed E-state index contributed by atoms with van der Waals surface area (Å²) in [7, 11) is 0. The molecule has 1 aliphatic rings. The van der Waals surface area contributed by atoms with Crippen molar-refractivity contribution in [2.45, 2.75) is 39.0 Å². The van der Waals surface area contributed by atoms with Crippen LogP contribution in [0.25, 0.3) is 0 Å². The van der Waals surface area contributed by atoms with Crippen molar-refractivity contribution in [3.05, 3.63) is 21.4 Å². The summed E-state index contributed by atoms with van der Waals surface area (Å²) in [5, 5.41) is 0. The first-order valence-corrected chi connectivity index (χ1v) is 6.15. The predicted molar refractivity (Wildman–Crippen MR) is 60.1 cm³/mol. The summed E-state index contributed by atoms with van der Waals surface area (Å²) in [6.45, 7) is 2.03. The van der Waals surface area contributed by atoms with Crippen LogP contribution in [0.1, 0.15) is 45.8 Å². The Labute approximate surface area is 89.1 Å². The zero-order valence-electron chi connectivity index (χ0n) is 8.58. The minimum absolute atomic E-state index is 0.882. The molecule has 1 aromatic rings. The molecular formula is C12H16OS. The van der Waals surface area contributed by atoms with Gasteiger partial charge in [0.1, 0.15) is 0 Å². The lowest BCUT2D eigenvalue weighted by molar-refractivity contribution is 0.112. The Bertz CT molecular complexity index is 321. The Kier molecular flexibility index (Phi) is 3.02. The molecule has 0 N–H and O–H groups in total. The number of thiophene rings is 1. The molecule has 0 saturated heterocycles. The summed E-state index contributed by atoms with van der Waals surface area (Å²) in [6, 6.07) is 2.19. The van der Waals surface area contributed by atoms with Gasteiger partial charge >= 0.3 is 0 Å². The quantitative estimate of drug-likeness (QED) is 0.694.